The number of imidazole rings is 1. The Balaban J connectivity index is 1.82. The molecule has 0 saturated heterocycles. The molecule has 0 fully saturated rings. The molecular weight excluding hydrogens is 469 g/mol. The first-order valence-corrected chi connectivity index (χ1v) is 10.5. The number of benzene rings is 2. The summed E-state index contributed by atoms with van der Waals surface area (Å²) in [4.78, 5) is 15.8. The number of nitrogens with zero attached hydrogens (tertiary/aromatic N) is 3. The lowest BCUT2D eigenvalue weighted by molar-refractivity contribution is -0.131. The molecule has 0 radical (unpaired) electrons. The Morgan fingerprint density at radius 3 is 2.60 bits per heavy atom. The minimum atomic E-state index is -4.39. The highest BCUT2D eigenvalue weighted by Gasteiger charge is 2.27. The third kappa shape index (κ3) is 5.23. The van der Waals surface area contributed by atoms with Crippen molar-refractivity contribution in [3.8, 4) is 11.3 Å². The zero-order chi connectivity index (χ0) is 25.3. The van der Waals surface area contributed by atoms with Gasteiger partial charge in [-0.15, -0.1) is 0 Å². The Morgan fingerprint density at radius 2 is 1.94 bits per heavy atom. The van der Waals surface area contributed by atoms with Crippen molar-refractivity contribution in [2.45, 2.75) is 25.7 Å². The SMILES string of the molecule is Cc1cc(-c2cnc3c(NCCC(F)(F)F)cc(C(F)c4cccc(F)c4)nn23)ccc1C(N)=O. The number of aryl methyl sites for hydroxylation is 1. The molecule has 1 amide bonds. The van der Waals surface area contributed by atoms with E-state index in [-0.39, 0.29) is 22.6 Å². The number of carbonyl (C=O) groups excluding carboxylic acids is 1. The monoisotopic (exact) mass is 489 g/mol. The number of nitrogens with one attached hydrogen (secondary N) is 1. The predicted octanol–water partition coefficient (Wildman–Crippen LogP) is 5.37. The Bertz CT molecular complexity index is 1400. The number of alkyl halides is 4. The summed E-state index contributed by atoms with van der Waals surface area (Å²) in [7, 11) is 0. The first-order chi connectivity index (χ1) is 16.5. The molecule has 1 atom stereocenters. The van der Waals surface area contributed by atoms with Crippen LogP contribution in [0.1, 0.15) is 39.8 Å². The molecule has 1 unspecified atom stereocenters. The van der Waals surface area contributed by atoms with Crippen molar-refractivity contribution >= 4 is 17.2 Å². The average Bonchev–Trinajstić information content (AvgIpc) is 3.21. The Kier molecular flexibility index (Phi) is 6.42. The highest BCUT2D eigenvalue weighted by Crippen LogP contribution is 2.31. The Hall–Kier alpha value is -4.02. The second kappa shape index (κ2) is 9.32. The number of hydrogen-bond acceptors (Lipinski definition) is 4. The molecule has 0 spiro atoms. The van der Waals surface area contributed by atoms with Crippen LogP contribution in [0.5, 0.6) is 0 Å². The Morgan fingerprint density at radius 1 is 1.17 bits per heavy atom. The normalized spacial score (nSPS) is 12.6. The van der Waals surface area contributed by atoms with Gasteiger partial charge < -0.3 is 11.1 Å². The number of aromatic nitrogens is 3. The maximum absolute atomic E-state index is 15.4. The van der Waals surface area contributed by atoms with Crippen LogP contribution >= 0.6 is 0 Å². The minimum Gasteiger partial charge on any atom is -0.382 e. The molecule has 0 aliphatic carbocycles. The molecule has 4 rings (SSSR count). The van der Waals surface area contributed by atoms with Crippen LogP contribution in [0.3, 0.4) is 0 Å². The maximum atomic E-state index is 15.4. The van der Waals surface area contributed by atoms with E-state index < -0.39 is 37.0 Å². The highest BCUT2D eigenvalue weighted by molar-refractivity contribution is 5.94. The van der Waals surface area contributed by atoms with Crippen LogP contribution in [0.25, 0.3) is 16.9 Å². The van der Waals surface area contributed by atoms with Crippen LogP contribution in [0.15, 0.2) is 54.7 Å². The topological polar surface area (TPSA) is 85.3 Å². The summed E-state index contributed by atoms with van der Waals surface area (Å²) in [5.41, 5.74) is 7.42. The second-order valence-corrected chi connectivity index (χ2v) is 7.97. The smallest absolute Gasteiger partial charge is 0.382 e. The first kappa shape index (κ1) is 24.1. The molecule has 2 heterocycles. The summed E-state index contributed by atoms with van der Waals surface area (Å²) in [6.07, 6.45) is -5.91. The summed E-state index contributed by atoms with van der Waals surface area (Å²) >= 11 is 0. The standard InChI is InChI=1S/C24H20F5N5O/c1-13-9-14(5-6-17(13)22(30)35)20-12-32-23-19(31-8-7-24(27,28)29)11-18(33-34(20)23)21(26)15-3-2-4-16(25)10-15/h2-6,9-12,21,31H,7-8H2,1H3,(H2,30,35). The summed E-state index contributed by atoms with van der Waals surface area (Å²) < 4.78 is 68.4. The van der Waals surface area contributed by atoms with Crippen LogP contribution in [0.2, 0.25) is 0 Å². The third-order valence-electron chi connectivity index (χ3n) is 5.40. The van der Waals surface area contributed by atoms with Crippen molar-refractivity contribution in [3.63, 3.8) is 0 Å². The van der Waals surface area contributed by atoms with Gasteiger partial charge in [0.25, 0.3) is 0 Å². The molecule has 0 saturated carbocycles. The van der Waals surface area contributed by atoms with Gasteiger partial charge in [-0.2, -0.15) is 18.3 Å². The van der Waals surface area contributed by atoms with Gasteiger partial charge in [0, 0.05) is 17.7 Å². The fraction of sp³-hybridized carbons (Fsp3) is 0.208. The van der Waals surface area contributed by atoms with Crippen LogP contribution in [0.4, 0.5) is 27.6 Å². The van der Waals surface area contributed by atoms with Crippen LogP contribution < -0.4 is 11.1 Å². The number of fused-ring (bicyclic) bond motifs is 1. The number of primary amides is 1. The van der Waals surface area contributed by atoms with Crippen molar-refractivity contribution in [1.29, 1.82) is 0 Å². The van der Waals surface area contributed by atoms with Gasteiger partial charge in [-0.05, 0) is 48.4 Å². The largest absolute Gasteiger partial charge is 0.390 e. The number of amides is 1. The quantitative estimate of drug-likeness (QED) is 0.342. The van der Waals surface area contributed by atoms with E-state index in [1.54, 1.807) is 19.1 Å². The molecule has 0 aliphatic rings. The van der Waals surface area contributed by atoms with Crippen molar-refractivity contribution < 1.29 is 26.7 Å². The Labute approximate surface area is 196 Å². The van der Waals surface area contributed by atoms with Gasteiger partial charge in [-0.3, -0.25) is 4.79 Å². The molecule has 6 nitrogen and oxygen atoms in total. The number of hydrogen-bond donors (Lipinski definition) is 2. The number of carbonyl (C=O) groups is 1. The molecule has 182 valence electrons. The van der Waals surface area contributed by atoms with E-state index in [4.69, 9.17) is 5.73 Å². The summed E-state index contributed by atoms with van der Waals surface area (Å²) in [5, 5.41) is 6.98. The fourth-order valence-electron chi connectivity index (χ4n) is 3.71. The van der Waals surface area contributed by atoms with Gasteiger partial charge in [0.05, 0.1) is 24.0 Å². The van der Waals surface area contributed by atoms with Gasteiger partial charge in [-0.1, -0.05) is 18.2 Å². The van der Waals surface area contributed by atoms with E-state index in [0.29, 0.717) is 22.4 Å². The summed E-state index contributed by atoms with van der Waals surface area (Å²) in [5.74, 6) is -1.23. The number of halogens is 5. The van der Waals surface area contributed by atoms with Gasteiger partial charge in [0.1, 0.15) is 11.5 Å². The van der Waals surface area contributed by atoms with E-state index in [0.717, 1.165) is 6.07 Å². The van der Waals surface area contributed by atoms with Gasteiger partial charge in [0.15, 0.2) is 11.8 Å². The second-order valence-electron chi connectivity index (χ2n) is 7.97. The molecule has 2 aromatic heterocycles. The van der Waals surface area contributed by atoms with Crippen molar-refractivity contribution in [2.75, 3.05) is 11.9 Å². The molecule has 3 N–H and O–H groups in total. The van der Waals surface area contributed by atoms with Crippen molar-refractivity contribution in [2.24, 2.45) is 5.73 Å². The zero-order valence-electron chi connectivity index (χ0n) is 18.4. The highest BCUT2D eigenvalue weighted by atomic mass is 19.4. The molecule has 2 aromatic carbocycles. The van der Waals surface area contributed by atoms with E-state index in [9.17, 15) is 22.4 Å². The molecule has 35 heavy (non-hydrogen) atoms. The van der Waals surface area contributed by atoms with E-state index in [1.165, 1.54) is 41.0 Å². The molecule has 11 heteroatoms. The molecule has 0 aliphatic heterocycles. The van der Waals surface area contributed by atoms with Gasteiger partial charge in [0.2, 0.25) is 5.91 Å². The third-order valence-corrected chi connectivity index (χ3v) is 5.40. The minimum absolute atomic E-state index is 0.00131. The number of nitrogens with two attached hydrogens (primary N) is 1. The molecule has 0 bridgehead atoms. The fourth-order valence-corrected chi connectivity index (χ4v) is 3.71. The van der Waals surface area contributed by atoms with Gasteiger partial charge in [-0.25, -0.2) is 18.3 Å². The van der Waals surface area contributed by atoms with Crippen LogP contribution in [-0.4, -0.2) is 33.2 Å². The average molecular weight is 489 g/mol. The predicted molar refractivity (Wildman–Crippen MR) is 120 cm³/mol. The number of rotatable bonds is 7. The van der Waals surface area contributed by atoms with E-state index in [1.807, 2.05) is 0 Å². The maximum Gasteiger partial charge on any atom is 0.390 e. The van der Waals surface area contributed by atoms with Crippen molar-refractivity contribution in [1.82, 2.24) is 14.6 Å². The van der Waals surface area contributed by atoms with Crippen LogP contribution in [-0.2, 0) is 0 Å². The molecule has 4 aromatic rings. The first-order valence-electron chi connectivity index (χ1n) is 10.5. The summed E-state index contributed by atoms with van der Waals surface area (Å²) in [6.45, 7) is 1.23. The zero-order valence-corrected chi connectivity index (χ0v) is 18.4. The van der Waals surface area contributed by atoms with E-state index >= 15 is 4.39 Å². The lowest BCUT2D eigenvalue weighted by atomic mass is 10.0. The van der Waals surface area contributed by atoms with Crippen molar-refractivity contribution in [3.05, 3.63) is 82.9 Å². The number of anilines is 1. The van der Waals surface area contributed by atoms with Crippen LogP contribution in [0, 0.1) is 12.7 Å². The van der Waals surface area contributed by atoms with E-state index in [2.05, 4.69) is 15.4 Å². The molecular formula is C24H20F5N5O. The lowest BCUT2D eigenvalue weighted by Gasteiger charge is -2.14. The lowest BCUT2D eigenvalue weighted by Crippen LogP contribution is -2.16. The summed E-state index contributed by atoms with van der Waals surface area (Å²) in [6, 6.07) is 11.0. The van der Waals surface area contributed by atoms with Gasteiger partial charge >= 0.3 is 6.18 Å².